The molecule has 0 aromatic carbocycles. The SMILES string of the molecule is CC1CCCCC1NC1CC2CCC1(C)C2(C)C. The normalized spacial score (nSPS) is 50.7. The summed E-state index contributed by atoms with van der Waals surface area (Å²) >= 11 is 0. The van der Waals surface area contributed by atoms with Gasteiger partial charge in [0, 0.05) is 12.1 Å². The standard InChI is InChI=1S/C17H31N/c1-12-7-5-6-8-14(12)18-15-11-13-9-10-17(15,4)16(13,2)3/h12-15,18H,5-11H2,1-4H3. The van der Waals surface area contributed by atoms with E-state index in [-0.39, 0.29) is 0 Å². The smallest absolute Gasteiger partial charge is 0.0132 e. The van der Waals surface area contributed by atoms with Crippen molar-refractivity contribution in [1.29, 1.82) is 0 Å². The van der Waals surface area contributed by atoms with E-state index in [0.717, 1.165) is 23.9 Å². The van der Waals surface area contributed by atoms with Gasteiger partial charge < -0.3 is 5.32 Å². The van der Waals surface area contributed by atoms with Crippen LogP contribution in [0, 0.1) is 22.7 Å². The lowest BCUT2D eigenvalue weighted by Crippen LogP contribution is -2.51. The zero-order chi connectivity index (χ0) is 13.0. The van der Waals surface area contributed by atoms with E-state index in [1.54, 1.807) is 0 Å². The van der Waals surface area contributed by atoms with Crippen molar-refractivity contribution in [3.8, 4) is 0 Å². The molecule has 0 aromatic rings. The zero-order valence-corrected chi connectivity index (χ0v) is 12.8. The molecule has 0 spiro atoms. The van der Waals surface area contributed by atoms with E-state index in [2.05, 4.69) is 33.0 Å². The van der Waals surface area contributed by atoms with Gasteiger partial charge in [-0.1, -0.05) is 40.5 Å². The van der Waals surface area contributed by atoms with Gasteiger partial charge in [0.1, 0.15) is 0 Å². The van der Waals surface area contributed by atoms with Gasteiger partial charge in [0.2, 0.25) is 0 Å². The Labute approximate surface area is 113 Å². The lowest BCUT2D eigenvalue weighted by molar-refractivity contribution is 0.104. The average Bonchev–Trinajstić information content (AvgIpc) is 2.65. The quantitative estimate of drug-likeness (QED) is 0.766. The molecule has 1 heteroatoms. The first kappa shape index (κ1) is 13.0. The van der Waals surface area contributed by atoms with Gasteiger partial charge in [0.25, 0.3) is 0 Å². The van der Waals surface area contributed by atoms with E-state index in [1.165, 1.54) is 44.9 Å². The fourth-order valence-electron chi connectivity index (χ4n) is 5.28. The summed E-state index contributed by atoms with van der Waals surface area (Å²) in [4.78, 5) is 0. The summed E-state index contributed by atoms with van der Waals surface area (Å²) in [6, 6.07) is 1.59. The predicted octanol–water partition coefficient (Wildman–Crippen LogP) is 4.37. The summed E-state index contributed by atoms with van der Waals surface area (Å²) in [5.41, 5.74) is 1.11. The molecule has 2 bridgehead atoms. The van der Waals surface area contributed by atoms with Crippen LogP contribution in [0.15, 0.2) is 0 Å². The second-order valence-corrected chi connectivity index (χ2v) is 8.20. The van der Waals surface area contributed by atoms with Crippen LogP contribution < -0.4 is 5.32 Å². The fourth-order valence-corrected chi connectivity index (χ4v) is 5.28. The van der Waals surface area contributed by atoms with E-state index in [9.17, 15) is 0 Å². The summed E-state index contributed by atoms with van der Waals surface area (Å²) in [5.74, 6) is 1.86. The van der Waals surface area contributed by atoms with Crippen LogP contribution in [-0.4, -0.2) is 12.1 Å². The maximum Gasteiger partial charge on any atom is 0.0132 e. The highest BCUT2D eigenvalue weighted by Crippen LogP contribution is 2.65. The first-order valence-electron chi connectivity index (χ1n) is 8.21. The van der Waals surface area contributed by atoms with Crippen molar-refractivity contribution in [1.82, 2.24) is 5.32 Å². The second kappa shape index (κ2) is 4.23. The third kappa shape index (κ3) is 1.69. The highest BCUT2D eigenvalue weighted by atomic mass is 15.0. The van der Waals surface area contributed by atoms with Crippen molar-refractivity contribution >= 4 is 0 Å². The molecule has 3 fully saturated rings. The topological polar surface area (TPSA) is 12.0 Å². The number of fused-ring (bicyclic) bond motifs is 2. The van der Waals surface area contributed by atoms with E-state index in [0.29, 0.717) is 10.8 Å². The van der Waals surface area contributed by atoms with Gasteiger partial charge in [-0.3, -0.25) is 0 Å². The maximum atomic E-state index is 4.10. The van der Waals surface area contributed by atoms with Crippen LogP contribution in [0.4, 0.5) is 0 Å². The van der Waals surface area contributed by atoms with Crippen molar-refractivity contribution in [3.63, 3.8) is 0 Å². The summed E-state index contributed by atoms with van der Waals surface area (Å²) in [6.45, 7) is 10.1. The summed E-state index contributed by atoms with van der Waals surface area (Å²) in [6.07, 6.45) is 10.1. The summed E-state index contributed by atoms with van der Waals surface area (Å²) in [7, 11) is 0. The van der Waals surface area contributed by atoms with E-state index in [4.69, 9.17) is 0 Å². The Hall–Kier alpha value is -0.0400. The van der Waals surface area contributed by atoms with E-state index < -0.39 is 0 Å². The molecule has 0 heterocycles. The molecule has 0 radical (unpaired) electrons. The molecule has 3 aliphatic carbocycles. The van der Waals surface area contributed by atoms with Crippen molar-refractivity contribution in [2.45, 2.75) is 84.7 Å². The Morgan fingerprint density at radius 2 is 1.72 bits per heavy atom. The third-order valence-electron chi connectivity index (χ3n) is 7.32. The minimum atomic E-state index is 0.550. The Balaban J connectivity index is 1.71. The van der Waals surface area contributed by atoms with E-state index in [1.807, 2.05) is 0 Å². The van der Waals surface area contributed by atoms with Gasteiger partial charge in [-0.25, -0.2) is 0 Å². The molecule has 3 saturated carbocycles. The molecular weight excluding hydrogens is 218 g/mol. The first-order chi connectivity index (χ1) is 8.45. The largest absolute Gasteiger partial charge is 0.310 e. The summed E-state index contributed by atoms with van der Waals surface area (Å²) < 4.78 is 0. The molecule has 18 heavy (non-hydrogen) atoms. The molecule has 0 amide bonds. The van der Waals surface area contributed by atoms with Crippen molar-refractivity contribution in [3.05, 3.63) is 0 Å². The van der Waals surface area contributed by atoms with Crippen LogP contribution in [0.5, 0.6) is 0 Å². The van der Waals surface area contributed by atoms with Crippen LogP contribution in [-0.2, 0) is 0 Å². The minimum absolute atomic E-state index is 0.550. The molecule has 5 unspecified atom stereocenters. The molecule has 104 valence electrons. The van der Waals surface area contributed by atoms with Gasteiger partial charge in [0.15, 0.2) is 0 Å². The lowest BCUT2D eigenvalue weighted by Gasteiger charge is -2.43. The predicted molar refractivity (Wildman–Crippen MR) is 77.6 cm³/mol. The molecular formula is C17H31N. The van der Waals surface area contributed by atoms with E-state index >= 15 is 0 Å². The van der Waals surface area contributed by atoms with Crippen LogP contribution in [0.2, 0.25) is 0 Å². The first-order valence-corrected chi connectivity index (χ1v) is 8.21. The molecule has 1 nitrogen and oxygen atoms in total. The molecule has 0 saturated heterocycles. The molecule has 3 rings (SSSR count). The highest BCUT2D eigenvalue weighted by molar-refractivity contribution is 5.13. The second-order valence-electron chi connectivity index (χ2n) is 8.20. The van der Waals surface area contributed by atoms with Gasteiger partial charge in [-0.15, -0.1) is 0 Å². The van der Waals surface area contributed by atoms with Crippen molar-refractivity contribution in [2.75, 3.05) is 0 Å². The van der Waals surface area contributed by atoms with Gasteiger partial charge in [0.05, 0.1) is 0 Å². The highest BCUT2D eigenvalue weighted by Gasteiger charge is 2.61. The third-order valence-corrected chi connectivity index (χ3v) is 7.32. The zero-order valence-electron chi connectivity index (χ0n) is 12.8. The lowest BCUT2D eigenvalue weighted by atomic mass is 9.69. The number of hydrogen-bond acceptors (Lipinski definition) is 1. The van der Waals surface area contributed by atoms with Gasteiger partial charge >= 0.3 is 0 Å². The maximum absolute atomic E-state index is 4.10. The summed E-state index contributed by atoms with van der Waals surface area (Å²) in [5, 5.41) is 4.10. The average molecular weight is 249 g/mol. The molecule has 5 atom stereocenters. The number of nitrogens with one attached hydrogen (secondary N) is 1. The Morgan fingerprint density at radius 1 is 1.00 bits per heavy atom. The monoisotopic (exact) mass is 249 g/mol. The number of rotatable bonds is 2. The molecule has 1 N–H and O–H groups in total. The molecule has 3 aliphatic rings. The Bertz CT molecular complexity index is 322. The van der Waals surface area contributed by atoms with Crippen LogP contribution in [0.1, 0.15) is 72.6 Å². The molecule has 0 aromatic heterocycles. The van der Waals surface area contributed by atoms with Gasteiger partial charge in [-0.05, 0) is 54.8 Å². The van der Waals surface area contributed by atoms with Crippen LogP contribution in [0.25, 0.3) is 0 Å². The van der Waals surface area contributed by atoms with Crippen molar-refractivity contribution in [2.24, 2.45) is 22.7 Å². The van der Waals surface area contributed by atoms with Crippen LogP contribution >= 0.6 is 0 Å². The number of hydrogen-bond donors (Lipinski definition) is 1. The molecule has 0 aliphatic heterocycles. The van der Waals surface area contributed by atoms with Crippen molar-refractivity contribution < 1.29 is 0 Å². The van der Waals surface area contributed by atoms with Crippen LogP contribution in [0.3, 0.4) is 0 Å². The Kier molecular flexibility index (Phi) is 3.05. The Morgan fingerprint density at radius 3 is 2.28 bits per heavy atom. The van der Waals surface area contributed by atoms with Gasteiger partial charge in [-0.2, -0.15) is 0 Å². The minimum Gasteiger partial charge on any atom is -0.310 e. The fraction of sp³-hybridized carbons (Fsp3) is 1.00.